The summed E-state index contributed by atoms with van der Waals surface area (Å²) in [5.41, 5.74) is 2.88. The van der Waals surface area contributed by atoms with Gasteiger partial charge in [0, 0.05) is 62.3 Å². The SMILES string of the molecule is CCC(=O)C1CCC(c2cnc(C(F)Cc3ccc(F)cc3)nc2)CC1.CCCCC(=O)C1CCC(c2cnc(COc3ccc(OC(=O)CCC)cc3)nc2)CC1. The van der Waals surface area contributed by atoms with Gasteiger partial charge in [0.05, 0.1) is 0 Å². The number of alkyl halides is 1. The molecular weight excluding hydrogens is 739 g/mol. The van der Waals surface area contributed by atoms with Crippen LogP contribution in [0.4, 0.5) is 8.78 Å². The molecule has 58 heavy (non-hydrogen) atoms. The Morgan fingerprint density at radius 3 is 1.74 bits per heavy atom. The average Bonchev–Trinajstić information content (AvgIpc) is 3.26. The standard InChI is InChI=1S/C26H34N2O4.C21H24F2N2O/c1-3-5-7-24(29)20-10-8-19(9-11-20)21-16-27-25(28-17-21)18-31-22-12-14-23(15-13-22)32-26(30)6-4-2;1-2-20(26)16-7-5-15(6-8-16)17-12-24-21(25-13-17)19(23)11-14-3-9-18(22)10-4-14/h12-17,19-20H,3-11,18H2,1-2H3;3-4,9-10,12-13,15-16,19H,2,5-8,11H2,1H3. The van der Waals surface area contributed by atoms with Gasteiger partial charge in [-0.25, -0.2) is 28.7 Å². The van der Waals surface area contributed by atoms with E-state index in [0.717, 1.165) is 88.2 Å². The number of rotatable bonds is 17. The van der Waals surface area contributed by atoms with Crippen LogP contribution in [0.1, 0.15) is 157 Å². The van der Waals surface area contributed by atoms with Gasteiger partial charge in [-0.2, -0.15) is 0 Å². The first-order chi connectivity index (χ1) is 28.1. The summed E-state index contributed by atoms with van der Waals surface area (Å²) in [6, 6.07) is 12.8. The number of benzene rings is 2. The highest BCUT2D eigenvalue weighted by atomic mass is 19.1. The topological polar surface area (TPSA) is 121 Å². The van der Waals surface area contributed by atoms with Crippen molar-refractivity contribution in [2.45, 2.75) is 142 Å². The zero-order valence-electron chi connectivity index (χ0n) is 34.2. The first kappa shape index (κ1) is 44.2. The van der Waals surface area contributed by atoms with Crippen LogP contribution < -0.4 is 9.47 Å². The minimum absolute atomic E-state index is 0.129. The van der Waals surface area contributed by atoms with Gasteiger partial charge in [-0.1, -0.05) is 39.3 Å². The Morgan fingerprint density at radius 2 is 1.21 bits per heavy atom. The lowest BCUT2D eigenvalue weighted by molar-refractivity contribution is -0.134. The summed E-state index contributed by atoms with van der Waals surface area (Å²) >= 11 is 0. The van der Waals surface area contributed by atoms with Crippen molar-refractivity contribution in [1.82, 2.24) is 19.9 Å². The number of ether oxygens (including phenoxy) is 2. The largest absolute Gasteiger partial charge is 0.486 e. The molecule has 310 valence electrons. The van der Waals surface area contributed by atoms with Crippen LogP contribution in [-0.4, -0.2) is 37.5 Å². The fourth-order valence-corrected chi connectivity index (χ4v) is 7.77. The highest BCUT2D eigenvalue weighted by Gasteiger charge is 2.28. The molecular formula is C47H58F2N4O5. The molecule has 2 aromatic carbocycles. The fraction of sp³-hybridized carbons (Fsp3) is 0.511. The van der Waals surface area contributed by atoms with Gasteiger partial charge in [0.25, 0.3) is 0 Å². The van der Waals surface area contributed by atoms with E-state index in [1.165, 1.54) is 12.1 Å². The first-order valence-electron chi connectivity index (χ1n) is 21.2. The second-order valence-electron chi connectivity index (χ2n) is 15.6. The highest BCUT2D eigenvalue weighted by molar-refractivity contribution is 5.81. The number of nitrogens with zero attached hydrogens (tertiary/aromatic N) is 4. The normalized spacial score (nSPS) is 19.6. The predicted molar refractivity (Wildman–Crippen MR) is 219 cm³/mol. The lowest BCUT2D eigenvalue weighted by Gasteiger charge is -2.27. The van der Waals surface area contributed by atoms with Crippen LogP contribution in [0.15, 0.2) is 73.3 Å². The number of ketones is 2. The number of halogens is 2. The predicted octanol–water partition coefficient (Wildman–Crippen LogP) is 10.9. The van der Waals surface area contributed by atoms with Crippen LogP contribution in [-0.2, 0) is 27.4 Å². The zero-order valence-corrected chi connectivity index (χ0v) is 34.2. The van der Waals surface area contributed by atoms with Gasteiger partial charge in [-0.3, -0.25) is 14.4 Å². The Labute approximate surface area is 341 Å². The summed E-state index contributed by atoms with van der Waals surface area (Å²) in [5.74, 6) is 3.42. The molecule has 11 heteroatoms. The Hall–Kier alpha value is -4.93. The Kier molecular flexibility index (Phi) is 17.4. The molecule has 0 aliphatic heterocycles. The van der Waals surface area contributed by atoms with E-state index in [0.29, 0.717) is 59.1 Å². The molecule has 0 N–H and O–H groups in total. The van der Waals surface area contributed by atoms with Crippen molar-refractivity contribution >= 4 is 17.5 Å². The summed E-state index contributed by atoms with van der Waals surface area (Å²) in [7, 11) is 0. The molecule has 0 bridgehead atoms. The monoisotopic (exact) mass is 796 g/mol. The van der Waals surface area contributed by atoms with E-state index in [1.54, 1.807) is 48.8 Å². The van der Waals surface area contributed by atoms with Crippen LogP contribution in [0, 0.1) is 17.7 Å². The van der Waals surface area contributed by atoms with E-state index < -0.39 is 6.17 Å². The third-order valence-electron chi connectivity index (χ3n) is 11.3. The second-order valence-corrected chi connectivity index (χ2v) is 15.6. The van der Waals surface area contributed by atoms with E-state index in [1.807, 2.05) is 26.2 Å². The minimum atomic E-state index is -1.31. The maximum absolute atomic E-state index is 14.4. The summed E-state index contributed by atoms with van der Waals surface area (Å²) < 4.78 is 38.3. The Morgan fingerprint density at radius 1 is 0.672 bits per heavy atom. The molecule has 2 aliphatic carbocycles. The van der Waals surface area contributed by atoms with Crippen molar-refractivity contribution in [2.24, 2.45) is 11.8 Å². The van der Waals surface area contributed by atoms with Gasteiger partial charge in [0.15, 0.2) is 17.8 Å². The molecule has 0 radical (unpaired) electrons. The van der Waals surface area contributed by atoms with E-state index in [2.05, 4.69) is 26.9 Å². The number of hydrogen-bond donors (Lipinski definition) is 0. The molecule has 4 aromatic rings. The lowest BCUT2D eigenvalue weighted by Crippen LogP contribution is -2.21. The van der Waals surface area contributed by atoms with Crippen LogP contribution in [0.3, 0.4) is 0 Å². The first-order valence-corrected chi connectivity index (χ1v) is 21.2. The van der Waals surface area contributed by atoms with Gasteiger partial charge in [-0.05, 0) is 129 Å². The molecule has 1 unspecified atom stereocenters. The van der Waals surface area contributed by atoms with Crippen molar-refractivity contribution in [3.8, 4) is 11.5 Å². The number of carbonyl (C=O) groups excluding carboxylic acids is 3. The fourth-order valence-electron chi connectivity index (χ4n) is 7.77. The van der Waals surface area contributed by atoms with Crippen molar-refractivity contribution in [1.29, 1.82) is 0 Å². The van der Waals surface area contributed by atoms with Crippen LogP contribution >= 0.6 is 0 Å². The van der Waals surface area contributed by atoms with E-state index in [9.17, 15) is 23.2 Å². The van der Waals surface area contributed by atoms with Crippen molar-refractivity contribution in [2.75, 3.05) is 0 Å². The summed E-state index contributed by atoms with van der Waals surface area (Å²) in [6.07, 6.45) is 18.4. The van der Waals surface area contributed by atoms with E-state index in [-0.39, 0.29) is 42.5 Å². The molecule has 2 saturated carbocycles. The zero-order chi connectivity index (χ0) is 41.3. The van der Waals surface area contributed by atoms with Crippen molar-refractivity contribution < 1.29 is 32.6 Å². The third kappa shape index (κ3) is 13.6. The lowest BCUT2D eigenvalue weighted by atomic mass is 9.77. The highest BCUT2D eigenvalue weighted by Crippen LogP contribution is 2.37. The van der Waals surface area contributed by atoms with E-state index in [4.69, 9.17) is 9.47 Å². The number of carbonyl (C=O) groups is 3. The Balaban J connectivity index is 0.000000226. The molecule has 0 spiro atoms. The molecule has 2 aliphatic rings. The minimum Gasteiger partial charge on any atom is -0.486 e. The molecule has 2 aromatic heterocycles. The molecule has 2 fully saturated rings. The van der Waals surface area contributed by atoms with Crippen LogP contribution in [0.25, 0.3) is 0 Å². The number of aromatic nitrogens is 4. The number of Topliss-reactive ketones (excluding diaryl/α,β-unsaturated/α-hetero) is 2. The quantitative estimate of drug-likeness (QED) is 0.0759. The molecule has 6 rings (SSSR count). The molecule has 2 heterocycles. The van der Waals surface area contributed by atoms with Gasteiger partial charge in [0.1, 0.15) is 35.5 Å². The third-order valence-corrected chi connectivity index (χ3v) is 11.3. The number of unbranched alkanes of at least 4 members (excludes halogenated alkanes) is 1. The molecule has 1 atom stereocenters. The average molecular weight is 797 g/mol. The molecule has 0 saturated heterocycles. The maximum atomic E-state index is 14.4. The van der Waals surface area contributed by atoms with Crippen LogP contribution in [0.2, 0.25) is 0 Å². The Bertz CT molecular complexity index is 1860. The summed E-state index contributed by atoms with van der Waals surface area (Å²) in [4.78, 5) is 53.0. The maximum Gasteiger partial charge on any atom is 0.311 e. The second kappa shape index (κ2) is 22.9. The van der Waals surface area contributed by atoms with Gasteiger partial charge in [-0.15, -0.1) is 0 Å². The van der Waals surface area contributed by atoms with Gasteiger partial charge < -0.3 is 9.47 Å². The summed E-state index contributed by atoms with van der Waals surface area (Å²) in [6.45, 7) is 6.26. The van der Waals surface area contributed by atoms with E-state index >= 15 is 0 Å². The summed E-state index contributed by atoms with van der Waals surface area (Å²) in [5, 5.41) is 0. The number of esters is 1. The van der Waals surface area contributed by atoms with Crippen molar-refractivity contribution in [3.63, 3.8) is 0 Å². The molecule has 9 nitrogen and oxygen atoms in total. The van der Waals surface area contributed by atoms with Crippen molar-refractivity contribution in [3.05, 3.63) is 107 Å². The van der Waals surface area contributed by atoms with Crippen LogP contribution in [0.5, 0.6) is 11.5 Å². The smallest absolute Gasteiger partial charge is 0.311 e. The van der Waals surface area contributed by atoms with Gasteiger partial charge >= 0.3 is 5.97 Å². The molecule has 0 amide bonds. The van der Waals surface area contributed by atoms with Gasteiger partial charge in [0.2, 0.25) is 0 Å². The number of hydrogen-bond acceptors (Lipinski definition) is 9.